The second kappa shape index (κ2) is 10.6. The minimum atomic E-state index is -0.154. The van der Waals surface area contributed by atoms with E-state index in [1.807, 2.05) is 51.1 Å². The second-order valence-electron chi connectivity index (χ2n) is 7.88. The Hall–Kier alpha value is -3.59. The summed E-state index contributed by atoms with van der Waals surface area (Å²) in [6.45, 7) is 8.17. The van der Waals surface area contributed by atoms with Crippen molar-refractivity contribution < 1.29 is 14.3 Å². The van der Waals surface area contributed by atoms with Crippen LogP contribution in [0.2, 0.25) is 0 Å². The highest BCUT2D eigenvalue weighted by Crippen LogP contribution is 2.29. The van der Waals surface area contributed by atoms with Crippen molar-refractivity contribution in [3.05, 3.63) is 59.3 Å². The molecule has 0 amide bonds. The molecule has 0 spiro atoms. The fourth-order valence-corrected chi connectivity index (χ4v) is 3.61. The van der Waals surface area contributed by atoms with Crippen molar-refractivity contribution in [2.24, 2.45) is 0 Å². The molecule has 0 fully saturated rings. The fourth-order valence-electron chi connectivity index (χ4n) is 3.61. The average Bonchev–Trinajstić information content (AvgIpc) is 3.25. The number of esters is 1. The molecule has 3 rings (SSSR count). The number of benzene rings is 2. The summed E-state index contributed by atoms with van der Waals surface area (Å²) in [6.07, 6.45) is 3.74. The number of carbonyl (C=O) groups is 1. The Morgan fingerprint density at radius 3 is 2.78 bits per heavy atom. The first-order valence-corrected chi connectivity index (χ1v) is 10.9. The lowest BCUT2D eigenvalue weighted by Gasteiger charge is -2.12. The van der Waals surface area contributed by atoms with E-state index in [-0.39, 0.29) is 12.1 Å². The largest absolute Gasteiger partial charge is 0.490 e. The lowest BCUT2D eigenvalue weighted by Crippen LogP contribution is -2.06. The average molecular weight is 432 g/mol. The van der Waals surface area contributed by atoms with Gasteiger partial charge >= 0.3 is 5.97 Å². The van der Waals surface area contributed by atoms with E-state index in [4.69, 9.17) is 9.47 Å². The van der Waals surface area contributed by atoms with Crippen LogP contribution in [0, 0.1) is 18.3 Å². The molecule has 166 valence electrons. The van der Waals surface area contributed by atoms with Crippen LogP contribution >= 0.6 is 0 Å². The normalized spacial score (nSPS) is 10.8. The van der Waals surface area contributed by atoms with Crippen LogP contribution in [0.4, 0.5) is 0 Å². The second-order valence-corrected chi connectivity index (χ2v) is 7.88. The fraction of sp³-hybridized carbons (Fsp3) is 0.346. The minimum Gasteiger partial charge on any atom is -0.490 e. The molecular formula is C26H29N3O3. The highest BCUT2D eigenvalue weighted by Gasteiger charge is 2.13. The Labute approximate surface area is 189 Å². The van der Waals surface area contributed by atoms with Crippen LogP contribution in [0.5, 0.6) is 5.75 Å². The van der Waals surface area contributed by atoms with Gasteiger partial charge in [-0.25, -0.2) is 4.98 Å². The summed E-state index contributed by atoms with van der Waals surface area (Å²) in [5, 5.41) is 9.50. The van der Waals surface area contributed by atoms with Crippen molar-refractivity contribution in [1.29, 1.82) is 5.26 Å². The van der Waals surface area contributed by atoms with E-state index in [9.17, 15) is 10.1 Å². The standard InChI is InChI=1S/C26H29N3O3/c1-5-31-25(30)11-7-9-19-8-6-10-22(18(19)4)26-28-16-23(29-26)20-12-13-24(32-17(2)3)21(14-20)15-27/h6,8,10,12-14,16-17H,5,7,9,11H2,1-4H3,(H,28,29). The quantitative estimate of drug-likeness (QED) is 0.446. The van der Waals surface area contributed by atoms with Crippen molar-refractivity contribution in [2.75, 3.05) is 6.61 Å². The molecule has 0 unspecified atom stereocenters. The molecule has 1 aromatic heterocycles. The molecule has 0 saturated heterocycles. The molecule has 0 radical (unpaired) electrons. The van der Waals surface area contributed by atoms with Gasteiger partial charge in [-0.3, -0.25) is 4.79 Å². The van der Waals surface area contributed by atoms with Gasteiger partial charge in [0.05, 0.1) is 30.2 Å². The van der Waals surface area contributed by atoms with Crippen LogP contribution in [0.3, 0.4) is 0 Å². The molecule has 3 aromatic rings. The molecule has 0 atom stereocenters. The molecule has 0 aliphatic heterocycles. The Bertz CT molecular complexity index is 1130. The monoisotopic (exact) mass is 431 g/mol. The van der Waals surface area contributed by atoms with E-state index < -0.39 is 0 Å². The van der Waals surface area contributed by atoms with Crippen LogP contribution < -0.4 is 4.74 Å². The Balaban J connectivity index is 1.80. The van der Waals surface area contributed by atoms with Crippen molar-refractivity contribution in [2.45, 2.75) is 53.1 Å². The number of nitrogens with one attached hydrogen (secondary N) is 1. The zero-order valence-corrected chi connectivity index (χ0v) is 19.1. The number of nitrogens with zero attached hydrogens (tertiary/aromatic N) is 2. The van der Waals surface area contributed by atoms with Gasteiger partial charge in [0.2, 0.25) is 0 Å². The number of aromatic nitrogens is 2. The third kappa shape index (κ3) is 5.55. The van der Waals surface area contributed by atoms with E-state index >= 15 is 0 Å². The van der Waals surface area contributed by atoms with Crippen LogP contribution in [-0.2, 0) is 16.0 Å². The lowest BCUT2D eigenvalue weighted by atomic mass is 9.98. The van der Waals surface area contributed by atoms with Gasteiger partial charge in [-0.1, -0.05) is 18.2 Å². The Kier molecular flexibility index (Phi) is 7.67. The van der Waals surface area contributed by atoms with E-state index in [0.29, 0.717) is 24.3 Å². The number of carbonyl (C=O) groups excluding carboxylic acids is 1. The Morgan fingerprint density at radius 2 is 2.06 bits per heavy atom. The molecule has 1 N–H and O–H groups in total. The highest BCUT2D eigenvalue weighted by atomic mass is 16.5. The van der Waals surface area contributed by atoms with E-state index in [1.165, 1.54) is 5.56 Å². The summed E-state index contributed by atoms with van der Waals surface area (Å²) in [7, 11) is 0. The number of H-pyrrole nitrogens is 1. The van der Waals surface area contributed by atoms with Crippen molar-refractivity contribution in [3.63, 3.8) is 0 Å². The smallest absolute Gasteiger partial charge is 0.305 e. The van der Waals surface area contributed by atoms with E-state index in [2.05, 4.69) is 29.0 Å². The maximum absolute atomic E-state index is 11.6. The molecule has 0 aliphatic carbocycles. The third-order valence-corrected chi connectivity index (χ3v) is 5.18. The first-order valence-electron chi connectivity index (χ1n) is 10.9. The highest BCUT2D eigenvalue weighted by molar-refractivity contribution is 5.70. The van der Waals surface area contributed by atoms with Gasteiger partial charge in [-0.15, -0.1) is 0 Å². The molecule has 0 bridgehead atoms. The molecular weight excluding hydrogens is 402 g/mol. The van der Waals surface area contributed by atoms with Crippen LogP contribution in [-0.4, -0.2) is 28.6 Å². The summed E-state index contributed by atoms with van der Waals surface area (Å²) in [4.78, 5) is 19.6. The number of nitriles is 1. The summed E-state index contributed by atoms with van der Waals surface area (Å²) < 4.78 is 10.7. The molecule has 6 heteroatoms. The minimum absolute atomic E-state index is 0.000695. The summed E-state index contributed by atoms with van der Waals surface area (Å²) >= 11 is 0. The number of hydrogen-bond donors (Lipinski definition) is 1. The maximum Gasteiger partial charge on any atom is 0.305 e. The van der Waals surface area contributed by atoms with Crippen LogP contribution in [0.1, 0.15) is 50.3 Å². The number of rotatable bonds is 9. The van der Waals surface area contributed by atoms with Crippen LogP contribution in [0.15, 0.2) is 42.6 Å². The zero-order valence-electron chi connectivity index (χ0n) is 19.1. The first kappa shape index (κ1) is 23.1. The van der Waals surface area contributed by atoms with Gasteiger partial charge in [0.15, 0.2) is 0 Å². The first-order chi connectivity index (χ1) is 15.4. The summed E-state index contributed by atoms with van der Waals surface area (Å²) in [5.41, 5.74) is 5.54. The number of hydrogen-bond acceptors (Lipinski definition) is 5. The number of aromatic amines is 1. The number of ether oxygens (including phenoxy) is 2. The topological polar surface area (TPSA) is 88.0 Å². The zero-order chi connectivity index (χ0) is 23.1. The molecule has 2 aromatic carbocycles. The molecule has 0 saturated carbocycles. The van der Waals surface area contributed by atoms with Gasteiger partial charge in [0.25, 0.3) is 0 Å². The predicted octanol–water partition coefficient (Wildman–Crippen LogP) is 5.60. The van der Waals surface area contributed by atoms with Gasteiger partial charge in [0.1, 0.15) is 17.6 Å². The maximum atomic E-state index is 11.6. The van der Waals surface area contributed by atoms with Crippen molar-refractivity contribution in [1.82, 2.24) is 9.97 Å². The summed E-state index contributed by atoms with van der Waals surface area (Å²) in [6, 6.07) is 13.9. The Morgan fingerprint density at radius 1 is 1.25 bits per heavy atom. The number of aryl methyl sites for hydroxylation is 1. The molecule has 32 heavy (non-hydrogen) atoms. The van der Waals surface area contributed by atoms with E-state index in [0.717, 1.165) is 41.1 Å². The van der Waals surface area contributed by atoms with Crippen LogP contribution in [0.25, 0.3) is 22.6 Å². The predicted molar refractivity (Wildman–Crippen MR) is 124 cm³/mol. The van der Waals surface area contributed by atoms with Gasteiger partial charge in [-0.05, 0) is 69.9 Å². The molecule has 1 heterocycles. The van der Waals surface area contributed by atoms with Crippen molar-refractivity contribution >= 4 is 5.97 Å². The van der Waals surface area contributed by atoms with E-state index in [1.54, 1.807) is 6.20 Å². The van der Waals surface area contributed by atoms with Gasteiger partial charge in [0, 0.05) is 17.5 Å². The van der Waals surface area contributed by atoms with Gasteiger partial charge < -0.3 is 14.5 Å². The lowest BCUT2D eigenvalue weighted by molar-refractivity contribution is -0.143. The summed E-state index contributed by atoms with van der Waals surface area (Å²) in [5.74, 6) is 1.20. The molecule has 6 nitrogen and oxygen atoms in total. The SMILES string of the molecule is CCOC(=O)CCCc1cccc(-c2ncc(-c3ccc(OC(C)C)c(C#N)c3)[nH]2)c1C. The number of imidazole rings is 1. The van der Waals surface area contributed by atoms with Crippen molar-refractivity contribution in [3.8, 4) is 34.5 Å². The molecule has 0 aliphatic rings. The van der Waals surface area contributed by atoms with Gasteiger partial charge in [-0.2, -0.15) is 5.26 Å². The third-order valence-electron chi connectivity index (χ3n) is 5.18.